The summed E-state index contributed by atoms with van der Waals surface area (Å²) in [7, 11) is 0. The Bertz CT molecular complexity index is 877. The molecule has 0 saturated heterocycles. The summed E-state index contributed by atoms with van der Waals surface area (Å²) < 4.78 is 37.5. The fraction of sp³-hybridized carbons (Fsp3) is 0.300. The number of alkyl carbamates (subject to hydrolysis) is 1. The number of benzene rings is 2. The Morgan fingerprint density at radius 1 is 1.07 bits per heavy atom. The summed E-state index contributed by atoms with van der Waals surface area (Å²) in [5.41, 5.74) is -0.107. The molecule has 0 radical (unpaired) electrons. The number of aromatic carboxylic acids is 1. The van der Waals surface area contributed by atoms with Crippen LogP contribution in [0.4, 0.5) is 13.6 Å². The molecule has 0 saturated carbocycles. The van der Waals surface area contributed by atoms with Gasteiger partial charge < -0.3 is 19.9 Å². The number of hydrogen-bond acceptors (Lipinski definition) is 4. The first-order valence-electron chi connectivity index (χ1n) is 8.49. The number of halogens is 2. The summed E-state index contributed by atoms with van der Waals surface area (Å²) in [5, 5.41) is 11.7. The summed E-state index contributed by atoms with van der Waals surface area (Å²) >= 11 is 0. The minimum atomic E-state index is -1.16. The Labute approximate surface area is 161 Å². The van der Waals surface area contributed by atoms with Crippen molar-refractivity contribution >= 4 is 12.1 Å². The molecule has 0 atom stereocenters. The van der Waals surface area contributed by atoms with Crippen LogP contribution >= 0.6 is 0 Å². The van der Waals surface area contributed by atoms with Crippen LogP contribution in [-0.2, 0) is 4.74 Å². The Kier molecular flexibility index (Phi) is 6.56. The van der Waals surface area contributed by atoms with Gasteiger partial charge in [0, 0.05) is 5.56 Å². The van der Waals surface area contributed by atoms with Gasteiger partial charge >= 0.3 is 12.1 Å². The molecule has 2 aromatic carbocycles. The second kappa shape index (κ2) is 8.69. The van der Waals surface area contributed by atoms with E-state index in [-0.39, 0.29) is 35.6 Å². The van der Waals surface area contributed by atoms with Crippen LogP contribution in [0.15, 0.2) is 36.4 Å². The quantitative estimate of drug-likeness (QED) is 0.718. The number of carboxylic acid groups (broad SMARTS) is 1. The summed E-state index contributed by atoms with van der Waals surface area (Å²) in [6.45, 7) is 5.40. The minimum absolute atomic E-state index is 0.0287. The second-order valence-electron chi connectivity index (χ2n) is 6.92. The van der Waals surface area contributed by atoms with Crippen LogP contribution in [0.25, 0.3) is 11.1 Å². The summed E-state index contributed by atoms with van der Waals surface area (Å²) in [6, 6.07) is 7.31. The first-order chi connectivity index (χ1) is 13.1. The maximum absolute atomic E-state index is 13.6. The van der Waals surface area contributed by atoms with E-state index in [1.807, 2.05) is 0 Å². The molecule has 2 rings (SSSR count). The molecule has 0 aliphatic rings. The van der Waals surface area contributed by atoms with E-state index in [1.165, 1.54) is 24.3 Å². The highest BCUT2D eigenvalue weighted by molar-refractivity contribution is 5.90. The van der Waals surface area contributed by atoms with Gasteiger partial charge in [0.05, 0.1) is 12.1 Å². The third-order valence-corrected chi connectivity index (χ3v) is 3.48. The molecule has 0 aromatic heterocycles. The fourth-order valence-corrected chi connectivity index (χ4v) is 2.31. The molecular formula is C20H21F2NO5. The van der Waals surface area contributed by atoms with Crippen molar-refractivity contribution in [2.24, 2.45) is 0 Å². The van der Waals surface area contributed by atoms with Crippen molar-refractivity contribution in [3.05, 3.63) is 53.6 Å². The van der Waals surface area contributed by atoms with E-state index < -0.39 is 29.3 Å². The fourth-order valence-electron chi connectivity index (χ4n) is 2.31. The smallest absolute Gasteiger partial charge is 0.407 e. The summed E-state index contributed by atoms with van der Waals surface area (Å²) in [4.78, 5) is 22.8. The van der Waals surface area contributed by atoms with E-state index >= 15 is 0 Å². The molecule has 0 aliphatic carbocycles. The average Bonchev–Trinajstić information content (AvgIpc) is 2.59. The van der Waals surface area contributed by atoms with Gasteiger partial charge in [-0.15, -0.1) is 0 Å². The highest BCUT2D eigenvalue weighted by Crippen LogP contribution is 2.32. The molecule has 0 fully saturated rings. The van der Waals surface area contributed by atoms with Crippen LogP contribution in [0.1, 0.15) is 31.1 Å². The number of hydrogen-bond donors (Lipinski definition) is 2. The molecular weight excluding hydrogens is 372 g/mol. The number of ether oxygens (including phenoxy) is 2. The van der Waals surface area contributed by atoms with Gasteiger partial charge in [0.25, 0.3) is 0 Å². The van der Waals surface area contributed by atoms with Crippen LogP contribution in [-0.4, -0.2) is 35.9 Å². The van der Waals surface area contributed by atoms with E-state index in [9.17, 15) is 23.5 Å². The Morgan fingerprint density at radius 3 is 2.39 bits per heavy atom. The molecule has 6 nitrogen and oxygen atoms in total. The summed E-state index contributed by atoms with van der Waals surface area (Å²) in [5.74, 6) is -2.97. The number of carbonyl (C=O) groups is 2. The van der Waals surface area contributed by atoms with Crippen molar-refractivity contribution in [2.45, 2.75) is 26.4 Å². The lowest BCUT2D eigenvalue weighted by atomic mass is 10.0. The third kappa shape index (κ3) is 5.94. The van der Waals surface area contributed by atoms with Gasteiger partial charge in [0.2, 0.25) is 0 Å². The molecule has 2 N–H and O–H groups in total. The monoisotopic (exact) mass is 393 g/mol. The second-order valence-corrected chi connectivity index (χ2v) is 6.92. The molecule has 2 aromatic rings. The van der Waals surface area contributed by atoms with Crippen molar-refractivity contribution in [3.63, 3.8) is 0 Å². The van der Waals surface area contributed by atoms with Gasteiger partial charge in [-0.2, -0.15) is 0 Å². The van der Waals surface area contributed by atoms with Crippen LogP contribution in [0.5, 0.6) is 5.75 Å². The van der Waals surface area contributed by atoms with Gasteiger partial charge in [-0.05, 0) is 56.7 Å². The van der Waals surface area contributed by atoms with Crippen molar-refractivity contribution in [1.29, 1.82) is 0 Å². The Balaban J connectivity index is 2.14. The Morgan fingerprint density at radius 2 is 1.79 bits per heavy atom. The lowest BCUT2D eigenvalue weighted by Crippen LogP contribution is -2.34. The SMILES string of the molecule is CC(C)(C)OC(=O)NCCOc1ccc(C(=O)O)cc1-c1ccc(F)c(F)c1. The van der Waals surface area contributed by atoms with Crippen molar-refractivity contribution in [2.75, 3.05) is 13.2 Å². The lowest BCUT2D eigenvalue weighted by molar-refractivity contribution is 0.0519. The van der Waals surface area contributed by atoms with Crippen LogP contribution < -0.4 is 10.1 Å². The molecule has 0 bridgehead atoms. The molecule has 1 amide bonds. The topological polar surface area (TPSA) is 84.9 Å². The van der Waals surface area contributed by atoms with E-state index in [0.29, 0.717) is 0 Å². The first kappa shape index (κ1) is 21.1. The zero-order chi connectivity index (χ0) is 20.9. The molecule has 28 heavy (non-hydrogen) atoms. The largest absolute Gasteiger partial charge is 0.491 e. The van der Waals surface area contributed by atoms with Crippen molar-refractivity contribution < 1.29 is 33.0 Å². The predicted molar refractivity (Wildman–Crippen MR) is 98.5 cm³/mol. The maximum Gasteiger partial charge on any atom is 0.407 e. The zero-order valence-corrected chi connectivity index (χ0v) is 15.7. The first-order valence-corrected chi connectivity index (χ1v) is 8.49. The van der Waals surface area contributed by atoms with E-state index in [1.54, 1.807) is 20.8 Å². The van der Waals surface area contributed by atoms with Gasteiger partial charge in [-0.3, -0.25) is 0 Å². The van der Waals surface area contributed by atoms with E-state index in [2.05, 4.69) is 5.32 Å². The number of rotatable bonds is 6. The van der Waals surface area contributed by atoms with E-state index in [0.717, 1.165) is 12.1 Å². The van der Waals surface area contributed by atoms with Crippen molar-refractivity contribution in [1.82, 2.24) is 5.32 Å². The van der Waals surface area contributed by atoms with Crippen LogP contribution in [0.2, 0.25) is 0 Å². The van der Waals surface area contributed by atoms with E-state index in [4.69, 9.17) is 9.47 Å². The molecule has 0 spiro atoms. The van der Waals surface area contributed by atoms with Gasteiger partial charge in [0.1, 0.15) is 18.0 Å². The Hall–Kier alpha value is -3.16. The summed E-state index contributed by atoms with van der Waals surface area (Å²) in [6.07, 6.45) is -0.599. The molecule has 0 aliphatic heterocycles. The highest BCUT2D eigenvalue weighted by atomic mass is 19.2. The van der Waals surface area contributed by atoms with Crippen LogP contribution in [0.3, 0.4) is 0 Å². The highest BCUT2D eigenvalue weighted by Gasteiger charge is 2.16. The maximum atomic E-state index is 13.6. The zero-order valence-electron chi connectivity index (χ0n) is 15.7. The molecule has 8 heteroatoms. The van der Waals surface area contributed by atoms with Crippen LogP contribution in [0, 0.1) is 11.6 Å². The minimum Gasteiger partial charge on any atom is -0.491 e. The molecule has 0 unspecified atom stereocenters. The molecule has 0 heterocycles. The number of amides is 1. The average molecular weight is 393 g/mol. The predicted octanol–water partition coefficient (Wildman–Crippen LogP) is 4.23. The normalized spacial score (nSPS) is 11.0. The number of carbonyl (C=O) groups excluding carboxylic acids is 1. The third-order valence-electron chi connectivity index (χ3n) is 3.48. The number of nitrogens with one attached hydrogen (secondary N) is 1. The lowest BCUT2D eigenvalue weighted by Gasteiger charge is -2.19. The van der Waals surface area contributed by atoms with Gasteiger partial charge in [0.15, 0.2) is 11.6 Å². The van der Waals surface area contributed by atoms with Gasteiger partial charge in [-0.25, -0.2) is 18.4 Å². The standard InChI is InChI=1S/C20H21F2NO5/c1-20(2,3)28-19(26)23-8-9-27-17-7-5-13(18(24)25)10-14(17)12-4-6-15(21)16(22)11-12/h4-7,10-11H,8-9H2,1-3H3,(H,23,26)(H,24,25). The van der Waals surface area contributed by atoms with Gasteiger partial charge in [-0.1, -0.05) is 6.07 Å². The van der Waals surface area contributed by atoms with Crippen molar-refractivity contribution in [3.8, 4) is 16.9 Å². The molecule has 150 valence electrons. The number of carboxylic acids is 1.